The SMILES string of the molecule is CC(CS(C)(=O)=O)N1CCC(=O)N(CCN(C)C)CC1. The second-order valence-electron chi connectivity index (χ2n) is 5.91. The molecular weight excluding hydrogens is 278 g/mol. The molecule has 1 amide bonds. The van der Waals surface area contributed by atoms with Gasteiger partial charge in [0.15, 0.2) is 0 Å². The molecule has 0 saturated carbocycles. The molecule has 0 aromatic rings. The van der Waals surface area contributed by atoms with Crippen LogP contribution in [0.25, 0.3) is 0 Å². The molecule has 1 rings (SSSR count). The zero-order chi connectivity index (χ0) is 15.3. The van der Waals surface area contributed by atoms with E-state index in [-0.39, 0.29) is 17.7 Å². The van der Waals surface area contributed by atoms with Crippen LogP contribution in [0, 0.1) is 0 Å². The van der Waals surface area contributed by atoms with Crippen LogP contribution in [0.2, 0.25) is 0 Å². The number of hydrogen-bond donors (Lipinski definition) is 0. The number of carbonyl (C=O) groups excluding carboxylic acids is 1. The standard InChI is InChI=1S/C13H27N3O3S/c1-12(11-20(4,18)19)15-6-5-13(17)16(10-9-15)8-7-14(2)3/h12H,5-11H2,1-4H3. The lowest BCUT2D eigenvalue weighted by Gasteiger charge is -2.27. The van der Waals surface area contributed by atoms with Crippen LogP contribution < -0.4 is 0 Å². The molecule has 1 aliphatic rings. The van der Waals surface area contributed by atoms with Crippen molar-refractivity contribution < 1.29 is 13.2 Å². The first-order chi connectivity index (χ1) is 9.19. The zero-order valence-electron chi connectivity index (χ0n) is 13.0. The molecule has 0 spiro atoms. The van der Waals surface area contributed by atoms with Crippen molar-refractivity contribution in [1.82, 2.24) is 14.7 Å². The van der Waals surface area contributed by atoms with E-state index in [9.17, 15) is 13.2 Å². The number of amides is 1. The molecular formula is C13H27N3O3S. The minimum absolute atomic E-state index is 0.0356. The van der Waals surface area contributed by atoms with Crippen LogP contribution in [-0.2, 0) is 14.6 Å². The van der Waals surface area contributed by atoms with Gasteiger partial charge < -0.3 is 9.80 Å². The zero-order valence-corrected chi connectivity index (χ0v) is 13.8. The Morgan fingerprint density at radius 3 is 2.45 bits per heavy atom. The minimum atomic E-state index is -2.98. The molecule has 6 nitrogen and oxygen atoms in total. The van der Waals surface area contributed by atoms with Gasteiger partial charge in [-0.1, -0.05) is 0 Å². The van der Waals surface area contributed by atoms with E-state index < -0.39 is 9.84 Å². The average molecular weight is 305 g/mol. The summed E-state index contributed by atoms with van der Waals surface area (Å²) in [6.45, 7) is 5.58. The predicted molar refractivity (Wildman–Crippen MR) is 80.5 cm³/mol. The molecule has 0 aromatic heterocycles. The number of nitrogens with zero attached hydrogens (tertiary/aromatic N) is 3. The highest BCUT2D eigenvalue weighted by Gasteiger charge is 2.25. The number of likely N-dealkylation sites (N-methyl/N-ethyl adjacent to an activating group) is 1. The minimum Gasteiger partial charge on any atom is -0.340 e. The molecule has 1 saturated heterocycles. The summed E-state index contributed by atoms with van der Waals surface area (Å²) >= 11 is 0. The fourth-order valence-corrected chi connectivity index (χ4v) is 3.51. The largest absolute Gasteiger partial charge is 0.340 e. The highest BCUT2D eigenvalue weighted by Crippen LogP contribution is 2.09. The maximum absolute atomic E-state index is 12.0. The summed E-state index contributed by atoms with van der Waals surface area (Å²) in [6.07, 6.45) is 1.73. The summed E-state index contributed by atoms with van der Waals surface area (Å²) in [5, 5.41) is 0. The molecule has 1 aliphatic heterocycles. The Balaban J connectivity index is 2.55. The summed E-state index contributed by atoms with van der Waals surface area (Å²) < 4.78 is 22.7. The van der Waals surface area contributed by atoms with Crippen LogP contribution in [0.4, 0.5) is 0 Å². The average Bonchev–Trinajstić information content (AvgIpc) is 2.46. The monoisotopic (exact) mass is 305 g/mol. The van der Waals surface area contributed by atoms with Gasteiger partial charge in [-0.05, 0) is 21.0 Å². The van der Waals surface area contributed by atoms with E-state index in [1.54, 1.807) is 0 Å². The number of rotatable bonds is 6. The predicted octanol–water partition coefficient (Wildman–Crippen LogP) is -0.485. The third kappa shape index (κ3) is 6.19. The van der Waals surface area contributed by atoms with Gasteiger partial charge in [0, 0.05) is 51.4 Å². The lowest BCUT2D eigenvalue weighted by atomic mass is 10.3. The smallest absolute Gasteiger partial charge is 0.223 e. The van der Waals surface area contributed by atoms with E-state index in [1.807, 2.05) is 25.9 Å². The van der Waals surface area contributed by atoms with Crippen molar-refractivity contribution in [2.24, 2.45) is 0 Å². The van der Waals surface area contributed by atoms with E-state index in [1.165, 1.54) is 6.26 Å². The van der Waals surface area contributed by atoms with Gasteiger partial charge in [0.25, 0.3) is 0 Å². The van der Waals surface area contributed by atoms with Crippen LogP contribution in [-0.4, -0.2) is 93.9 Å². The first kappa shape index (κ1) is 17.4. The number of sulfone groups is 1. The highest BCUT2D eigenvalue weighted by atomic mass is 32.2. The maximum atomic E-state index is 12.0. The highest BCUT2D eigenvalue weighted by molar-refractivity contribution is 7.90. The van der Waals surface area contributed by atoms with Gasteiger partial charge in [0.1, 0.15) is 9.84 Å². The number of hydrogen-bond acceptors (Lipinski definition) is 5. The summed E-state index contributed by atoms with van der Waals surface area (Å²) in [4.78, 5) is 18.1. The van der Waals surface area contributed by atoms with Gasteiger partial charge in [-0.25, -0.2) is 8.42 Å². The molecule has 1 fully saturated rings. The fourth-order valence-electron chi connectivity index (χ4n) is 2.42. The van der Waals surface area contributed by atoms with E-state index in [4.69, 9.17) is 0 Å². The Hall–Kier alpha value is -0.660. The van der Waals surface area contributed by atoms with Crippen molar-refractivity contribution in [1.29, 1.82) is 0 Å². The van der Waals surface area contributed by atoms with E-state index in [0.717, 1.165) is 19.6 Å². The van der Waals surface area contributed by atoms with E-state index in [0.29, 0.717) is 19.5 Å². The van der Waals surface area contributed by atoms with Crippen molar-refractivity contribution >= 4 is 15.7 Å². The normalized spacial score (nSPS) is 20.2. The molecule has 1 atom stereocenters. The van der Waals surface area contributed by atoms with Crippen LogP contribution in [0.15, 0.2) is 0 Å². The van der Waals surface area contributed by atoms with Crippen LogP contribution in [0.3, 0.4) is 0 Å². The van der Waals surface area contributed by atoms with Gasteiger partial charge in [0.05, 0.1) is 5.75 Å². The first-order valence-electron chi connectivity index (χ1n) is 7.03. The van der Waals surface area contributed by atoms with E-state index >= 15 is 0 Å². The van der Waals surface area contributed by atoms with Crippen LogP contribution in [0.5, 0.6) is 0 Å². The van der Waals surface area contributed by atoms with Gasteiger partial charge in [-0.3, -0.25) is 9.69 Å². The summed E-state index contributed by atoms with van der Waals surface area (Å²) in [5.41, 5.74) is 0. The molecule has 0 radical (unpaired) electrons. The Kier molecular flexibility index (Phi) is 6.42. The topological polar surface area (TPSA) is 60.9 Å². The molecule has 20 heavy (non-hydrogen) atoms. The quantitative estimate of drug-likeness (QED) is 0.663. The second-order valence-corrected chi connectivity index (χ2v) is 8.10. The van der Waals surface area contributed by atoms with Crippen molar-refractivity contribution in [3.63, 3.8) is 0 Å². The van der Waals surface area contributed by atoms with Crippen LogP contribution >= 0.6 is 0 Å². The summed E-state index contributed by atoms with van der Waals surface area (Å²) in [7, 11) is 0.998. The molecule has 0 N–H and O–H groups in total. The van der Waals surface area contributed by atoms with Crippen molar-refractivity contribution in [3.05, 3.63) is 0 Å². The van der Waals surface area contributed by atoms with Gasteiger partial charge in [-0.15, -0.1) is 0 Å². The molecule has 7 heteroatoms. The first-order valence-corrected chi connectivity index (χ1v) is 9.09. The van der Waals surface area contributed by atoms with Crippen molar-refractivity contribution in [2.45, 2.75) is 19.4 Å². The lowest BCUT2D eigenvalue weighted by molar-refractivity contribution is -0.130. The molecule has 1 unspecified atom stereocenters. The molecule has 0 aliphatic carbocycles. The summed E-state index contributed by atoms with van der Waals surface area (Å²) in [5.74, 6) is 0.319. The van der Waals surface area contributed by atoms with Crippen molar-refractivity contribution in [2.75, 3.05) is 58.8 Å². The molecule has 0 aromatic carbocycles. The van der Waals surface area contributed by atoms with Crippen molar-refractivity contribution in [3.8, 4) is 0 Å². The Labute approximate surface area is 122 Å². The summed E-state index contributed by atoms with van der Waals surface area (Å²) in [6, 6.07) is -0.0356. The van der Waals surface area contributed by atoms with Gasteiger partial charge in [-0.2, -0.15) is 0 Å². The number of carbonyl (C=O) groups is 1. The van der Waals surface area contributed by atoms with Crippen LogP contribution in [0.1, 0.15) is 13.3 Å². The fraction of sp³-hybridized carbons (Fsp3) is 0.923. The molecule has 0 bridgehead atoms. The van der Waals surface area contributed by atoms with Gasteiger partial charge >= 0.3 is 0 Å². The second kappa shape index (κ2) is 7.38. The molecule has 1 heterocycles. The maximum Gasteiger partial charge on any atom is 0.223 e. The lowest BCUT2D eigenvalue weighted by Crippen LogP contribution is -2.41. The third-order valence-electron chi connectivity index (χ3n) is 3.61. The Morgan fingerprint density at radius 2 is 1.90 bits per heavy atom. The third-order valence-corrected chi connectivity index (χ3v) is 4.70. The Bertz CT molecular complexity index is 423. The van der Waals surface area contributed by atoms with Gasteiger partial charge in [0.2, 0.25) is 5.91 Å². The molecule has 118 valence electrons. The van der Waals surface area contributed by atoms with E-state index in [2.05, 4.69) is 9.80 Å². The Morgan fingerprint density at radius 1 is 1.25 bits per heavy atom.